The van der Waals surface area contributed by atoms with Crippen LogP contribution in [0, 0.1) is 0 Å². The Labute approximate surface area is 110 Å². The largest absolute Gasteiger partial charge is 0.487 e. The van der Waals surface area contributed by atoms with Gasteiger partial charge in [0, 0.05) is 5.56 Å². The van der Waals surface area contributed by atoms with Crippen molar-refractivity contribution in [2.75, 3.05) is 6.61 Å². The summed E-state index contributed by atoms with van der Waals surface area (Å²) in [6, 6.07) is 14.7. The van der Waals surface area contributed by atoms with Gasteiger partial charge < -0.3 is 9.84 Å². The highest BCUT2D eigenvalue weighted by atomic mass is 19.3. The topological polar surface area (TPSA) is 29.5 Å². The quantitative estimate of drug-likeness (QED) is 0.895. The van der Waals surface area contributed by atoms with E-state index >= 15 is 0 Å². The maximum absolute atomic E-state index is 12.2. The second kappa shape index (κ2) is 6.29. The fraction of sp³-hybridized carbons (Fsp3) is 0.200. The molecule has 2 rings (SSSR count). The molecule has 0 saturated carbocycles. The van der Waals surface area contributed by atoms with Gasteiger partial charge in [-0.25, -0.2) is 8.78 Å². The molecule has 0 aromatic heterocycles. The summed E-state index contributed by atoms with van der Waals surface area (Å²) < 4.78 is 29.4. The monoisotopic (exact) mass is 264 g/mol. The number of aliphatic hydroxyl groups is 1. The first kappa shape index (κ1) is 13.5. The third kappa shape index (κ3) is 3.51. The van der Waals surface area contributed by atoms with Gasteiger partial charge in [0.1, 0.15) is 12.4 Å². The SMILES string of the molecule is OCc1ccc(-c2ccccc2)cc1OCC(F)F. The van der Waals surface area contributed by atoms with E-state index in [1.807, 2.05) is 36.4 Å². The third-order valence-electron chi connectivity index (χ3n) is 2.71. The predicted molar refractivity (Wildman–Crippen MR) is 69.3 cm³/mol. The highest BCUT2D eigenvalue weighted by Crippen LogP contribution is 2.27. The van der Waals surface area contributed by atoms with Gasteiger partial charge in [0.05, 0.1) is 6.61 Å². The molecule has 0 aliphatic carbocycles. The first-order chi connectivity index (χ1) is 9.20. The minimum Gasteiger partial charge on any atom is -0.487 e. The summed E-state index contributed by atoms with van der Waals surface area (Å²) in [6.07, 6.45) is -2.54. The molecule has 1 N–H and O–H groups in total. The van der Waals surface area contributed by atoms with Crippen LogP contribution >= 0.6 is 0 Å². The molecular formula is C15H14F2O2. The van der Waals surface area contributed by atoms with Gasteiger partial charge in [-0.05, 0) is 17.2 Å². The minimum atomic E-state index is -2.54. The van der Waals surface area contributed by atoms with Crippen LogP contribution in [0.25, 0.3) is 11.1 Å². The van der Waals surface area contributed by atoms with Crippen LogP contribution in [0.4, 0.5) is 8.78 Å². The summed E-state index contributed by atoms with van der Waals surface area (Å²) in [5.74, 6) is 0.296. The highest BCUT2D eigenvalue weighted by Gasteiger charge is 2.09. The van der Waals surface area contributed by atoms with E-state index < -0.39 is 13.0 Å². The van der Waals surface area contributed by atoms with Gasteiger partial charge in [0.25, 0.3) is 6.43 Å². The Balaban J connectivity index is 2.30. The Morgan fingerprint density at radius 2 is 1.74 bits per heavy atom. The van der Waals surface area contributed by atoms with Crippen LogP contribution in [0.2, 0.25) is 0 Å². The minimum absolute atomic E-state index is 0.242. The molecule has 2 aromatic rings. The Bertz CT molecular complexity index is 527. The predicted octanol–water partition coefficient (Wildman–Crippen LogP) is 3.49. The summed E-state index contributed by atoms with van der Waals surface area (Å²) in [5.41, 5.74) is 2.33. The van der Waals surface area contributed by atoms with Crippen LogP contribution in [0.15, 0.2) is 48.5 Å². The normalized spacial score (nSPS) is 10.7. The average Bonchev–Trinajstić information content (AvgIpc) is 2.45. The number of hydrogen-bond acceptors (Lipinski definition) is 2. The number of benzene rings is 2. The van der Waals surface area contributed by atoms with Gasteiger partial charge in [-0.15, -0.1) is 0 Å². The number of rotatable bonds is 5. The number of ether oxygens (including phenoxy) is 1. The molecule has 2 nitrogen and oxygen atoms in total. The van der Waals surface area contributed by atoms with Crippen molar-refractivity contribution in [3.63, 3.8) is 0 Å². The van der Waals surface area contributed by atoms with E-state index in [4.69, 9.17) is 4.74 Å². The van der Waals surface area contributed by atoms with E-state index in [0.717, 1.165) is 11.1 Å². The second-order valence-electron chi connectivity index (χ2n) is 4.05. The zero-order valence-electron chi connectivity index (χ0n) is 10.2. The molecule has 0 saturated heterocycles. The summed E-state index contributed by atoms with van der Waals surface area (Å²) in [6.45, 7) is -0.918. The molecule has 0 heterocycles. The Hall–Kier alpha value is -1.94. The van der Waals surface area contributed by atoms with E-state index in [1.54, 1.807) is 12.1 Å². The van der Waals surface area contributed by atoms with Gasteiger partial charge in [0.2, 0.25) is 0 Å². The smallest absolute Gasteiger partial charge is 0.272 e. The van der Waals surface area contributed by atoms with E-state index in [2.05, 4.69) is 0 Å². The molecule has 0 atom stereocenters. The molecular weight excluding hydrogens is 250 g/mol. The van der Waals surface area contributed by atoms with Crippen molar-refractivity contribution in [1.82, 2.24) is 0 Å². The molecule has 0 aliphatic rings. The molecule has 0 aliphatic heterocycles. The maximum atomic E-state index is 12.2. The molecule has 0 spiro atoms. The van der Waals surface area contributed by atoms with Crippen LogP contribution in [0.1, 0.15) is 5.56 Å². The molecule has 19 heavy (non-hydrogen) atoms. The second-order valence-corrected chi connectivity index (χ2v) is 4.05. The third-order valence-corrected chi connectivity index (χ3v) is 2.71. The molecule has 0 radical (unpaired) electrons. The van der Waals surface area contributed by atoms with Gasteiger partial charge in [0.15, 0.2) is 0 Å². The fourth-order valence-corrected chi connectivity index (χ4v) is 1.78. The van der Waals surface area contributed by atoms with Crippen LogP contribution in [-0.4, -0.2) is 18.1 Å². The van der Waals surface area contributed by atoms with Crippen molar-refractivity contribution >= 4 is 0 Å². The van der Waals surface area contributed by atoms with Crippen molar-refractivity contribution in [2.24, 2.45) is 0 Å². The lowest BCUT2D eigenvalue weighted by molar-refractivity contribution is 0.0806. The first-order valence-electron chi connectivity index (χ1n) is 5.91. The molecule has 100 valence electrons. The molecule has 2 aromatic carbocycles. The average molecular weight is 264 g/mol. The zero-order valence-corrected chi connectivity index (χ0v) is 10.2. The summed E-state index contributed by atoms with van der Waals surface area (Å²) >= 11 is 0. The number of alkyl halides is 2. The van der Waals surface area contributed by atoms with E-state index in [-0.39, 0.29) is 6.61 Å². The van der Waals surface area contributed by atoms with Gasteiger partial charge >= 0.3 is 0 Å². The number of aliphatic hydroxyl groups excluding tert-OH is 1. The summed E-state index contributed by atoms with van der Waals surface area (Å²) in [5, 5.41) is 9.18. The van der Waals surface area contributed by atoms with Crippen LogP contribution < -0.4 is 4.74 Å². The Morgan fingerprint density at radius 1 is 1.00 bits per heavy atom. The van der Waals surface area contributed by atoms with Crippen molar-refractivity contribution in [3.05, 3.63) is 54.1 Å². The van der Waals surface area contributed by atoms with Gasteiger partial charge in [-0.1, -0.05) is 42.5 Å². The standard InChI is InChI=1S/C15H14F2O2/c16-15(17)10-19-14-8-12(6-7-13(14)9-18)11-4-2-1-3-5-11/h1-8,15,18H,9-10H2. The zero-order chi connectivity index (χ0) is 13.7. The van der Waals surface area contributed by atoms with Crippen molar-refractivity contribution in [1.29, 1.82) is 0 Å². The van der Waals surface area contributed by atoms with E-state index in [9.17, 15) is 13.9 Å². The summed E-state index contributed by atoms with van der Waals surface area (Å²) in [4.78, 5) is 0. The molecule has 0 unspecified atom stereocenters. The van der Waals surface area contributed by atoms with Gasteiger partial charge in [-0.3, -0.25) is 0 Å². The first-order valence-corrected chi connectivity index (χ1v) is 5.91. The Kier molecular flexibility index (Phi) is 4.47. The van der Waals surface area contributed by atoms with Gasteiger partial charge in [-0.2, -0.15) is 0 Å². The van der Waals surface area contributed by atoms with E-state index in [1.165, 1.54) is 0 Å². The fourth-order valence-electron chi connectivity index (χ4n) is 1.78. The van der Waals surface area contributed by atoms with Crippen molar-refractivity contribution in [2.45, 2.75) is 13.0 Å². The lowest BCUT2D eigenvalue weighted by Gasteiger charge is -2.12. The molecule has 0 fully saturated rings. The lowest BCUT2D eigenvalue weighted by atomic mass is 10.0. The summed E-state index contributed by atoms with van der Waals surface area (Å²) in [7, 11) is 0. The van der Waals surface area contributed by atoms with E-state index in [0.29, 0.717) is 11.3 Å². The number of halogens is 2. The lowest BCUT2D eigenvalue weighted by Crippen LogP contribution is -2.08. The van der Waals surface area contributed by atoms with Crippen LogP contribution in [-0.2, 0) is 6.61 Å². The van der Waals surface area contributed by atoms with Crippen molar-refractivity contribution in [3.8, 4) is 16.9 Å². The molecule has 0 amide bonds. The number of hydrogen-bond donors (Lipinski definition) is 1. The molecule has 0 bridgehead atoms. The molecule has 4 heteroatoms. The maximum Gasteiger partial charge on any atom is 0.272 e. The van der Waals surface area contributed by atoms with Crippen LogP contribution in [0.3, 0.4) is 0 Å². The Morgan fingerprint density at radius 3 is 2.37 bits per heavy atom. The highest BCUT2D eigenvalue weighted by molar-refractivity contribution is 5.65. The van der Waals surface area contributed by atoms with Crippen LogP contribution in [0.5, 0.6) is 5.75 Å². The van der Waals surface area contributed by atoms with Crippen molar-refractivity contribution < 1.29 is 18.6 Å².